The Hall–Kier alpha value is -1.85. The highest BCUT2D eigenvalue weighted by Gasteiger charge is 2.54. The first-order valence-electron chi connectivity index (χ1n) is 8.72. The number of hydrogen-bond donors (Lipinski definition) is 0. The van der Waals surface area contributed by atoms with Gasteiger partial charge in [-0.1, -0.05) is 0 Å². The molecule has 2 aliphatic heterocycles. The molecule has 1 spiro atoms. The summed E-state index contributed by atoms with van der Waals surface area (Å²) in [5.41, 5.74) is 0.336. The number of likely N-dealkylation sites (tertiary alicyclic amines) is 2. The molecule has 0 aromatic carbocycles. The fourth-order valence-electron chi connectivity index (χ4n) is 4.25. The quantitative estimate of drug-likeness (QED) is 0.845. The predicted octanol–water partition coefficient (Wildman–Crippen LogP) is 1.34. The molecule has 1 atom stereocenters. The van der Waals surface area contributed by atoms with Gasteiger partial charge in [-0.3, -0.25) is 14.3 Å². The molecule has 2 amide bonds. The van der Waals surface area contributed by atoms with Crippen LogP contribution in [0, 0.1) is 6.92 Å². The second-order valence-electron chi connectivity index (χ2n) is 7.17. The zero-order chi connectivity index (χ0) is 16.0. The van der Waals surface area contributed by atoms with E-state index < -0.39 is 5.54 Å². The van der Waals surface area contributed by atoms with Crippen molar-refractivity contribution in [1.82, 2.24) is 19.6 Å². The van der Waals surface area contributed by atoms with Crippen LogP contribution in [0.15, 0.2) is 12.3 Å². The van der Waals surface area contributed by atoms with Crippen molar-refractivity contribution in [1.29, 1.82) is 0 Å². The molecule has 3 fully saturated rings. The van der Waals surface area contributed by atoms with Crippen LogP contribution < -0.4 is 0 Å². The molecule has 0 bridgehead atoms. The molecule has 1 saturated carbocycles. The van der Waals surface area contributed by atoms with Crippen LogP contribution in [0.4, 0.5) is 0 Å². The molecule has 1 aromatic rings. The molecule has 23 heavy (non-hydrogen) atoms. The first-order chi connectivity index (χ1) is 11.1. The number of nitrogens with zero attached hydrogens (tertiary/aromatic N) is 4. The average Bonchev–Trinajstić information content (AvgIpc) is 3.15. The minimum absolute atomic E-state index is 0.0246. The van der Waals surface area contributed by atoms with Crippen molar-refractivity contribution in [2.75, 3.05) is 13.1 Å². The summed E-state index contributed by atoms with van der Waals surface area (Å²) in [7, 11) is 0. The van der Waals surface area contributed by atoms with Crippen LogP contribution in [0.2, 0.25) is 0 Å². The third kappa shape index (κ3) is 2.44. The molecule has 2 saturated heterocycles. The van der Waals surface area contributed by atoms with E-state index in [9.17, 15) is 9.59 Å². The second kappa shape index (κ2) is 5.35. The molecule has 1 aliphatic carbocycles. The van der Waals surface area contributed by atoms with Crippen LogP contribution in [-0.4, -0.2) is 56.1 Å². The number of carbonyl (C=O) groups excluding carboxylic acids is 2. The van der Waals surface area contributed by atoms with Gasteiger partial charge in [-0.05, 0) is 51.5 Å². The zero-order valence-electron chi connectivity index (χ0n) is 13.7. The number of amides is 2. The molecule has 1 unspecified atom stereocenters. The summed E-state index contributed by atoms with van der Waals surface area (Å²) in [6.07, 6.45) is 7.65. The van der Waals surface area contributed by atoms with E-state index in [0.29, 0.717) is 12.6 Å². The minimum Gasteiger partial charge on any atom is -0.338 e. The lowest BCUT2D eigenvalue weighted by atomic mass is 9.85. The van der Waals surface area contributed by atoms with Crippen molar-refractivity contribution < 1.29 is 9.59 Å². The van der Waals surface area contributed by atoms with Gasteiger partial charge in [-0.2, -0.15) is 5.10 Å². The van der Waals surface area contributed by atoms with Crippen LogP contribution in [0.1, 0.15) is 44.2 Å². The summed E-state index contributed by atoms with van der Waals surface area (Å²) >= 11 is 0. The molecule has 0 radical (unpaired) electrons. The average molecular weight is 316 g/mol. The van der Waals surface area contributed by atoms with Crippen molar-refractivity contribution >= 4 is 11.8 Å². The van der Waals surface area contributed by atoms with Gasteiger partial charge in [0.2, 0.25) is 11.8 Å². The van der Waals surface area contributed by atoms with E-state index in [-0.39, 0.29) is 18.4 Å². The molecule has 3 heterocycles. The van der Waals surface area contributed by atoms with Gasteiger partial charge in [-0.25, -0.2) is 0 Å². The number of hydrogen-bond acceptors (Lipinski definition) is 3. The Balaban J connectivity index is 1.55. The molecule has 6 heteroatoms. The van der Waals surface area contributed by atoms with Crippen LogP contribution in [-0.2, 0) is 16.1 Å². The Bertz CT molecular complexity index is 636. The first kappa shape index (κ1) is 14.7. The molecule has 124 valence electrons. The summed E-state index contributed by atoms with van der Waals surface area (Å²) in [6, 6.07) is 2.33. The van der Waals surface area contributed by atoms with Crippen molar-refractivity contribution in [3.8, 4) is 0 Å². The van der Waals surface area contributed by atoms with Crippen LogP contribution >= 0.6 is 0 Å². The first-order valence-corrected chi connectivity index (χ1v) is 8.72. The Morgan fingerprint density at radius 3 is 2.70 bits per heavy atom. The maximum Gasteiger partial charge on any atom is 0.248 e. The van der Waals surface area contributed by atoms with E-state index in [1.54, 1.807) is 4.68 Å². The summed E-state index contributed by atoms with van der Waals surface area (Å²) in [6.45, 7) is 3.71. The van der Waals surface area contributed by atoms with Gasteiger partial charge >= 0.3 is 0 Å². The van der Waals surface area contributed by atoms with E-state index in [1.165, 1.54) is 0 Å². The Morgan fingerprint density at radius 2 is 2.04 bits per heavy atom. The molecule has 6 nitrogen and oxygen atoms in total. The van der Waals surface area contributed by atoms with Gasteiger partial charge in [0.05, 0.1) is 5.69 Å². The Morgan fingerprint density at radius 1 is 1.30 bits per heavy atom. The molecule has 0 N–H and O–H groups in total. The number of rotatable bonds is 3. The van der Waals surface area contributed by atoms with Gasteiger partial charge in [0.1, 0.15) is 12.1 Å². The van der Waals surface area contributed by atoms with Gasteiger partial charge in [0, 0.05) is 25.3 Å². The van der Waals surface area contributed by atoms with Crippen LogP contribution in [0.5, 0.6) is 0 Å². The Labute approximate surface area is 136 Å². The number of carbonyl (C=O) groups is 2. The minimum atomic E-state index is -0.569. The van der Waals surface area contributed by atoms with Crippen molar-refractivity contribution in [2.24, 2.45) is 0 Å². The molecular formula is C17H24N4O2. The van der Waals surface area contributed by atoms with E-state index in [0.717, 1.165) is 50.8 Å². The van der Waals surface area contributed by atoms with E-state index in [1.807, 2.05) is 29.0 Å². The van der Waals surface area contributed by atoms with Gasteiger partial charge < -0.3 is 9.80 Å². The fraction of sp³-hybridized carbons (Fsp3) is 0.706. The smallest absolute Gasteiger partial charge is 0.248 e. The number of aromatic nitrogens is 2. The number of aryl methyl sites for hydroxylation is 1. The highest BCUT2D eigenvalue weighted by Crippen LogP contribution is 2.41. The van der Waals surface area contributed by atoms with Crippen LogP contribution in [0.25, 0.3) is 0 Å². The van der Waals surface area contributed by atoms with Gasteiger partial charge in [0.15, 0.2) is 0 Å². The lowest BCUT2D eigenvalue weighted by Crippen LogP contribution is -2.62. The topological polar surface area (TPSA) is 58.4 Å². The monoisotopic (exact) mass is 316 g/mol. The molecule has 1 aromatic heterocycles. The van der Waals surface area contributed by atoms with Crippen molar-refractivity contribution in [3.63, 3.8) is 0 Å². The summed E-state index contributed by atoms with van der Waals surface area (Å²) in [5, 5.41) is 4.30. The third-order valence-electron chi connectivity index (χ3n) is 5.50. The number of piperidine rings is 1. The standard InChI is InChI=1S/C17H24N4O2/c1-13-6-11-19(18-13)12-15(22)21-10-3-8-17(21)7-2-9-20(16(17)23)14-4-5-14/h6,11,14H,2-5,7-10,12H2,1H3. The van der Waals surface area contributed by atoms with Crippen LogP contribution in [0.3, 0.4) is 0 Å². The summed E-state index contributed by atoms with van der Waals surface area (Å²) < 4.78 is 1.68. The van der Waals surface area contributed by atoms with Gasteiger partial charge in [-0.15, -0.1) is 0 Å². The zero-order valence-corrected chi connectivity index (χ0v) is 13.7. The SMILES string of the molecule is Cc1ccn(CC(=O)N2CCCC23CCCN(C2CC2)C3=O)n1. The lowest BCUT2D eigenvalue weighted by Gasteiger charge is -2.44. The normalized spacial score (nSPS) is 28.0. The predicted molar refractivity (Wildman–Crippen MR) is 84.6 cm³/mol. The maximum absolute atomic E-state index is 13.1. The fourth-order valence-corrected chi connectivity index (χ4v) is 4.25. The highest BCUT2D eigenvalue weighted by atomic mass is 16.2. The van der Waals surface area contributed by atoms with Crippen molar-refractivity contribution in [2.45, 2.75) is 63.6 Å². The lowest BCUT2D eigenvalue weighted by molar-refractivity contribution is -0.156. The highest BCUT2D eigenvalue weighted by molar-refractivity contribution is 5.93. The van der Waals surface area contributed by atoms with E-state index in [4.69, 9.17) is 0 Å². The van der Waals surface area contributed by atoms with Gasteiger partial charge in [0.25, 0.3) is 0 Å². The maximum atomic E-state index is 13.1. The third-order valence-corrected chi connectivity index (χ3v) is 5.50. The summed E-state index contributed by atoms with van der Waals surface area (Å²) in [4.78, 5) is 29.9. The molecular weight excluding hydrogens is 292 g/mol. The second-order valence-corrected chi connectivity index (χ2v) is 7.17. The Kier molecular flexibility index (Phi) is 3.43. The van der Waals surface area contributed by atoms with E-state index in [2.05, 4.69) is 5.10 Å². The van der Waals surface area contributed by atoms with E-state index >= 15 is 0 Å². The largest absolute Gasteiger partial charge is 0.338 e. The molecule has 3 aliphatic rings. The molecule has 4 rings (SSSR count). The van der Waals surface area contributed by atoms with Crippen molar-refractivity contribution in [3.05, 3.63) is 18.0 Å². The summed E-state index contributed by atoms with van der Waals surface area (Å²) in [5.74, 6) is 0.227.